The lowest BCUT2D eigenvalue weighted by Crippen LogP contribution is -2.25. The van der Waals surface area contributed by atoms with Gasteiger partial charge in [0.2, 0.25) is 0 Å². The number of aromatic nitrogens is 3. The first-order valence-corrected chi connectivity index (χ1v) is 5.75. The molecular formula is C10H16N4O3. The minimum Gasteiger partial charge on any atom is -0.481 e. The maximum atomic E-state index is 11.5. The second-order valence-corrected chi connectivity index (χ2v) is 4.22. The lowest BCUT2D eigenvalue weighted by Gasteiger charge is -2.13. The normalized spacial score (nSPS) is 16.5. The van der Waals surface area contributed by atoms with Gasteiger partial charge in [0, 0.05) is 6.54 Å². The molecule has 1 aromatic heterocycles. The van der Waals surface area contributed by atoms with Gasteiger partial charge in [-0.2, -0.15) is 5.10 Å². The molecule has 1 aliphatic heterocycles. The first-order chi connectivity index (χ1) is 8.16. The monoisotopic (exact) mass is 240 g/mol. The minimum atomic E-state index is -0.912. The summed E-state index contributed by atoms with van der Waals surface area (Å²) in [6, 6.07) is 0. The van der Waals surface area contributed by atoms with Gasteiger partial charge in [-0.25, -0.2) is 9.89 Å². The zero-order valence-corrected chi connectivity index (χ0v) is 9.56. The van der Waals surface area contributed by atoms with Crippen molar-refractivity contribution in [3.63, 3.8) is 0 Å². The Bertz CT molecular complexity index is 445. The average Bonchev–Trinajstić information content (AvgIpc) is 2.88. The summed E-state index contributed by atoms with van der Waals surface area (Å²) in [5.74, 6) is -0.289. The molecule has 2 heterocycles. The van der Waals surface area contributed by atoms with Crippen molar-refractivity contribution >= 4 is 5.97 Å². The Balaban J connectivity index is 2.05. The molecule has 0 bridgehead atoms. The maximum Gasteiger partial charge on any atom is 0.343 e. The summed E-state index contributed by atoms with van der Waals surface area (Å²) >= 11 is 0. The van der Waals surface area contributed by atoms with Crippen LogP contribution in [0.3, 0.4) is 0 Å². The SMILES string of the molecule is O=C(O)CCn1c(CN2CCCC2)n[nH]c1=O. The van der Waals surface area contributed by atoms with Crippen LogP contribution < -0.4 is 5.69 Å². The van der Waals surface area contributed by atoms with E-state index in [1.807, 2.05) is 0 Å². The first kappa shape index (κ1) is 11.8. The number of aromatic amines is 1. The third-order valence-electron chi connectivity index (χ3n) is 2.95. The topological polar surface area (TPSA) is 91.2 Å². The zero-order valence-electron chi connectivity index (χ0n) is 9.56. The van der Waals surface area contributed by atoms with Gasteiger partial charge in [0.05, 0.1) is 13.0 Å². The number of hydrogen-bond donors (Lipinski definition) is 2. The number of carboxylic acids is 1. The lowest BCUT2D eigenvalue weighted by atomic mass is 10.4. The number of hydrogen-bond acceptors (Lipinski definition) is 4. The molecule has 0 amide bonds. The number of nitrogens with zero attached hydrogens (tertiary/aromatic N) is 3. The number of aliphatic carboxylic acids is 1. The van der Waals surface area contributed by atoms with E-state index in [0.29, 0.717) is 12.4 Å². The fourth-order valence-electron chi connectivity index (χ4n) is 2.05. The van der Waals surface area contributed by atoms with Crippen molar-refractivity contribution in [3.05, 3.63) is 16.3 Å². The minimum absolute atomic E-state index is 0.0631. The third kappa shape index (κ3) is 2.94. The summed E-state index contributed by atoms with van der Waals surface area (Å²) < 4.78 is 1.41. The second-order valence-electron chi connectivity index (χ2n) is 4.22. The molecule has 1 saturated heterocycles. The molecule has 0 aliphatic carbocycles. The third-order valence-corrected chi connectivity index (χ3v) is 2.95. The maximum absolute atomic E-state index is 11.5. The van der Waals surface area contributed by atoms with Crippen LogP contribution in [0.15, 0.2) is 4.79 Å². The van der Waals surface area contributed by atoms with Crippen molar-refractivity contribution < 1.29 is 9.90 Å². The highest BCUT2D eigenvalue weighted by molar-refractivity contribution is 5.66. The van der Waals surface area contributed by atoms with E-state index in [4.69, 9.17) is 5.11 Å². The van der Waals surface area contributed by atoms with Crippen molar-refractivity contribution in [2.45, 2.75) is 32.4 Å². The summed E-state index contributed by atoms with van der Waals surface area (Å²) in [6.45, 7) is 2.81. The van der Waals surface area contributed by atoms with Crippen LogP contribution in [-0.2, 0) is 17.9 Å². The van der Waals surface area contributed by atoms with Crippen LogP contribution in [0.25, 0.3) is 0 Å². The summed E-state index contributed by atoms with van der Waals surface area (Å²) in [4.78, 5) is 24.2. The molecule has 0 saturated carbocycles. The Morgan fingerprint density at radius 1 is 1.41 bits per heavy atom. The highest BCUT2D eigenvalue weighted by atomic mass is 16.4. The van der Waals surface area contributed by atoms with Crippen molar-refractivity contribution in [1.82, 2.24) is 19.7 Å². The van der Waals surface area contributed by atoms with Crippen molar-refractivity contribution in [3.8, 4) is 0 Å². The van der Waals surface area contributed by atoms with E-state index in [9.17, 15) is 9.59 Å². The predicted octanol–water partition coefficient (Wildman–Crippen LogP) is -0.358. The number of carbonyl (C=O) groups is 1. The average molecular weight is 240 g/mol. The van der Waals surface area contributed by atoms with Gasteiger partial charge in [-0.05, 0) is 25.9 Å². The molecule has 0 atom stereocenters. The number of rotatable bonds is 5. The fourth-order valence-corrected chi connectivity index (χ4v) is 2.05. The molecule has 94 valence electrons. The molecule has 0 unspecified atom stereocenters. The highest BCUT2D eigenvalue weighted by Gasteiger charge is 2.16. The van der Waals surface area contributed by atoms with Crippen LogP contribution in [0.5, 0.6) is 0 Å². The molecule has 7 heteroatoms. The Kier molecular flexibility index (Phi) is 3.58. The number of likely N-dealkylation sites (tertiary alicyclic amines) is 1. The fraction of sp³-hybridized carbons (Fsp3) is 0.700. The Morgan fingerprint density at radius 2 is 2.12 bits per heavy atom. The van der Waals surface area contributed by atoms with Crippen LogP contribution in [0.4, 0.5) is 0 Å². The predicted molar refractivity (Wildman–Crippen MR) is 59.6 cm³/mol. The van der Waals surface area contributed by atoms with Gasteiger partial charge in [-0.1, -0.05) is 0 Å². The number of nitrogens with one attached hydrogen (secondary N) is 1. The van der Waals surface area contributed by atoms with Gasteiger partial charge in [0.25, 0.3) is 0 Å². The standard InChI is InChI=1S/C10H16N4O3/c15-9(16)3-6-14-8(11-12-10(14)17)7-13-4-1-2-5-13/h1-7H2,(H,12,17)(H,15,16). The number of H-pyrrole nitrogens is 1. The largest absolute Gasteiger partial charge is 0.481 e. The molecule has 0 spiro atoms. The van der Waals surface area contributed by atoms with E-state index in [1.54, 1.807) is 0 Å². The van der Waals surface area contributed by atoms with Gasteiger partial charge in [0.15, 0.2) is 0 Å². The summed E-state index contributed by atoms with van der Waals surface area (Å²) in [5, 5.41) is 14.9. The van der Waals surface area contributed by atoms with Gasteiger partial charge in [-0.3, -0.25) is 14.3 Å². The van der Waals surface area contributed by atoms with Gasteiger partial charge < -0.3 is 5.11 Å². The van der Waals surface area contributed by atoms with Gasteiger partial charge in [-0.15, -0.1) is 0 Å². The van der Waals surface area contributed by atoms with E-state index in [1.165, 1.54) is 17.4 Å². The molecule has 1 aromatic rings. The van der Waals surface area contributed by atoms with Crippen LogP contribution >= 0.6 is 0 Å². The molecular weight excluding hydrogens is 224 g/mol. The number of carboxylic acid groups (broad SMARTS) is 1. The van der Waals surface area contributed by atoms with E-state index in [0.717, 1.165) is 13.1 Å². The molecule has 2 N–H and O–H groups in total. The first-order valence-electron chi connectivity index (χ1n) is 5.75. The van der Waals surface area contributed by atoms with Crippen LogP contribution in [0.2, 0.25) is 0 Å². The van der Waals surface area contributed by atoms with Crippen molar-refractivity contribution in [2.75, 3.05) is 13.1 Å². The molecule has 0 aromatic carbocycles. The van der Waals surface area contributed by atoms with E-state index < -0.39 is 5.97 Å². The molecule has 1 aliphatic rings. The van der Waals surface area contributed by atoms with E-state index in [-0.39, 0.29) is 18.7 Å². The van der Waals surface area contributed by atoms with Crippen molar-refractivity contribution in [2.24, 2.45) is 0 Å². The highest BCUT2D eigenvalue weighted by Crippen LogP contribution is 2.10. The van der Waals surface area contributed by atoms with E-state index >= 15 is 0 Å². The molecule has 1 fully saturated rings. The van der Waals surface area contributed by atoms with Crippen LogP contribution in [-0.4, -0.2) is 43.8 Å². The Hall–Kier alpha value is -1.63. The zero-order chi connectivity index (χ0) is 12.3. The van der Waals surface area contributed by atoms with Crippen molar-refractivity contribution in [1.29, 1.82) is 0 Å². The molecule has 17 heavy (non-hydrogen) atoms. The van der Waals surface area contributed by atoms with E-state index in [2.05, 4.69) is 15.1 Å². The van der Waals surface area contributed by atoms with Crippen LogP contribution in [0, 0.1) is 0 Å². The smallest absolute Gasteiger partial charge is 0.343 e. The van der Waals surface area contributed by atoms with Crippen LogP contribution in [0.1, 0.15) is 25.1 Å². The molecule has 7 nitrogen and oxygen atoms in total. The van der Waals surface area contributed by atoms with Gasteiger partial charge in [0.1, 0.15) is 5.82 Å². The quantitative estimate of drug-likeness (QED) is 0.733. The Morgan fingerprint density at radius 3 is 2.76 bits per heavy atom. The molecule has 0 radical (unpaired) electrons. The van der Waals surface area contributed by atoms with Gasteiger partial charge >= 0.3 is 11.7 Å². The second kappa shape index (κ2) is 5.13. The molecule has 2 rings (SSSR count). The summed E-state index contributed by atoms with van der Waals surface area (Å²) in [6.07, 6.45) is 2.28. The Labute approximate surface area is 98.0 Å². The summed E-state index contributed by atoms with van der Waals surface area (Å²) in [5.41, 5.74) is -0.333. The lowest BCUT2D eigenvalue weighted by molar-refractivity contribution is -0.137. The summed E-state index contributed by atoms with van der Waals surface area (Å²) in [7, 11) is 0.